The Morgan fingerprint density at radius 1 is 1.33 bits per heavy atom. The van der Waals surface area contributed by atoms with Gasteiger partial charge in [0.05, 0.1) is 19.2 Å². The number of benzene rings is 1. The number of hydrogen-bond acceptors (Lipinski definition) is 4. The quantitative estimate of drug-likeness (QED) is 0.847. The van der Waals surface area contributed by atoms with Gasteiger partial charge in [-0.2, -0.15) is 0 Å². The normalized spacial score (nSPS) is 10.6. The maximum Gasteiger partial charge on any atom is 0.198 e. The van der Waals surface area contributed by atoms with E-state index in [1.165, 1.54) is 0 Å². The minimum atomic E-state index is 0.656. The summed E-state index contributed by atoms with van der Waals surface area (Å²) in [6, 6.07) is 7.91. The fourth-order valence-corrected chi connectivity index (χ4v) is 1.81. The van der Waals surface area contributed by atoms with E-state index in [-0.39, 0.29) is 0 Å². The molecule has 0 aliphatic carbocycles. The molecule has 18 heavy (non-hydrogen) atoms. The highest BCUT2D eigenvalue weighted by molar-refractivity contribution is 5.34. The van der Waals surface area contributed by atoms with Crippen LogP contribution in [0.4, 0.5) is 0 Å². The predicted octanol–water partition coefficient (Wildman–Crippen LogP) is 2.04. The van der Waals surface area contributed by atoms with E-state index in [9.17, 15) is 0 Å². The molecular weight excluding hydrogens is 228 g/mol. The molecule has 0 saturated heterocycles. The fourth-order valence-electron chi connectivity index (χ4n) is 1.81. The summed E-state index contributed by atoms with van der Waals surface area (Å²) in [5, 5.41) is 3.09. The van der Waals surface area contributed by atoms with Crippen molar-refractivity contribution in [3.05, 3.63) is 47.7 Å². The van der Waals surface area contributed by atoms with Crippen LogP contribution in [0.15, 0.2) is 34.9 Å². The van der Waals surface area contributed by atoms with Crippen molar-refractivity contribution in [1.29, 1.82) is 0 Å². The first kappa shape index (κ1) is 12.6. The van der Waals surface area contributed by atoms with Gasteiger partial charge in [0.2, 0.25) is 0 Å². The molecule has 2 aromatic rings. The van der Waals surface area contributed by atoms with Crippen LogP contribution in [0.1, 0.15) is 17.1 Å². The first-order chi connectivity index (χ1) is 8.83. The Balaban J connectivity index is 2.06. The largest absolute Gasteiger partial charge is 0.496 e. The molecule has 0 aliphatic rings. The van der Waals surface area contributed by atoms with Crippen molar-refractivity contribution in [2.75, 3.05) is 20.7 Å². The third-order valence-corrected chi connectivity index (χ3v) is 2.76. The number of hydrogen-bond donors (Lipinski definition) is 1. The molecule has 0 atom stereocenters. The molecule has 96 valence electrons. The number of nitrogens with one attached hydrogen (secondary N) is 1. The summed E-state index contributed by atoms with van der Waals surface area (Å²) >= 11 is 0. The molecule has 2 rings (SSSR count). The Hall–Kier alpha value is -1.81. The minimum Gasteiger partial charge on any atom is -0.496 e. The van der Waals surface area contributed by atoms with Crippen LogP contribution in [0.2, 0.25) is 0 Å². The summed E-state index contributed by atoms with van der Waals surface area (Å²) in [6.45, 7) is 0.903. The molecule has 0 spiro atoms. The molecular formula is C14H18N2O2. The first-order valence-electron chi connectivity index (χ1n) is 6.03. The van der Waals surface area contributed by atoms with Crippen LogP contribution in [0.25, 0.3) is 0 Å². The van der Waals surface area contributed by atoms with Crippen molar-refractivity contribution in [2.45, 2.75) is 12.8 Å². The predicted molar refractivity (Wildman–Crippen MR) is 69.9 cm³/mol. The molecule has 0 aliphatic heterocycles. The summed E-state index contributed by atoms with van der Waals surface area (Å²) in [5.74, 6) is 1.60. The molecule has 1 heterocycles. The second kappa shape index (κ2) is 6.21. The molecule has 4 heteroatoms. The van der Waals surface area contributed by atoms with Crippen molar-refractivity contribution in [3.63, 3.8) is 0 Å². The number of aromatic nitrogens is 1. The van der Waals surface area contributed by atoms with Gasteiger partial charge in [-0.15, -0.1) is 0 Å². The van der Waals surface area contributed by atoms with Crippen molar-refractivity contribution in [2.24, 2.45) is 0 Å². The number of methoxy groups -OCH3 is 1. The molecule has 4 nitrogen and oxygen atoms in total. The standard InChI is InChI=1S/C14H18N2O2/c1-15-8-7-12-10-18-14(16-12)9-11-5-3-4-6-13(11)17-2/h3-6,10,15H,7-9H2,1-2H3. The number of rotatable bonds is 6. The van der Waals surface area contributed by atoms with Gasteiger partial charge in [-0.3, -0.25) is 0 Å². The molecule has 1 N–H and O–H groups in total. The van der Waals surface area contributed by atoms with Gasteiger partial charge in [0.15, 0.2) is 5.89 Å². The first-order valence-corrected chi connectivity index (χ1v) is 6.03. The zero-order valence-electron chi connectivity index (χ0n) is 10.8. The van der Waals surface area contributed by atoms with Gasteiger partial charge in [-0.1, -0.05) is 18.2 Å². The highest BCUT2D eigenvalue weighted by Crippen LogP contribution is 2.20. The summed E-state index contributed by atoms with van der Waals surface area (Å²) in [7, 11) is 3.60. The molecule has 0 amide bonds. The van der Waals surface area contributed by atoms with Crippen LogP contribution < -0.4 is 10.1 Å². The molecule has 0 unspecified atom stereocenters. The number of likely N-dealkylation sites (N-methyl/N-ethyl adjacent to an activating group) is 1. The number of ether oxygens (including phenoxy) is 1. The van der Waals surface area contributed by atoms with E-state index in [2.05, 4.69) is 10.3 Å². The lowest BCUT2D eigenvalue weighted by Crippen LogP contribution is -2.10. The molecule has 0 bridgehead atoms. The van der Waals surface area contributed by atoms with Gasteiger partial charge >= 0.3 is 0 Å². The highest BCUT2D eigenvalue weighted by Gasteiger charge is 2.08. The molecule has 0 fully saturated rings. The van der Waals surface area contributed by atoms with E-state index >= 15 is 0 Å². The van der Waals surface area contributed by atoms with Crippen LogP contribution in [-0.4, -0.2) is 25.7 Å². The molecule has 1 aromatic heterocycles. The average molecular weight is 246 g/mol. The van der Waals surface area contributed by atoms with Crippen LogP contribution in [0, 0.1) is 0 Å². The lowest BCUT2D eigenvalue weighted by atomic mass is 10.1. The molecule has 0 radical (unpaired) electrons. The number of para-hydroxylation sites is 1. The number of oxazole rings is 1. The van der Waals surface area contributed by atoms with Crippen LogP contribution >= 0.6 is 0 Å². The maximum absolute atomic E-state index is 5.47. The van der Waals surface area contributed by atoms with E-state index in [1.807, 2.05) is 31.3 Å². The lowest BCUT2D eigenvalue weighted by molar-refractivity contribution is 0.408. The van der Waals surface area contributed by atoms with Gasteiger partial charge in [-0.05, 0) is 13.1 Å². The van der Waals surface area contributed by atoms with E-state index in [0.29, 0.717) is 6.42 Å². The van der Waals surface area contributed by atoms with Crippen molar-refractivity contribution >= 4 is 0 Å². The molecule has 0 saturated carbocycles. The van der Waals surface area contributed by atoms with Crippen LogP contribution in [0.3, 0.4) is 0 Å². The fraction of sp³-hybridized carbons (Fsp3) is 0.357. The number of nitrogens with zero attached hydrogens (tertiary/aromatic N) is 1. The van der Waals surface area contributed by atoms with Gasteiger partial charge in [0.25, 0.3) is 0 Å². The van der Waals surface area contributed by atoms with Crippen molar-refractivity contribution in [3.8, 4) is 5.75 Å². The minimum absolute atomic E-state index is 0.656. The van der Waals surface area contributed by atoms with E-state index in [1.54, 1.807) is 13.4 Å². The summed E-state index contributed by atoms with van der Waals surface area (Å²) < 4.78 is 10.8. The Morgan fingerprint density at radius 3 is 2.94 bits per heavy atom. The summed E-state index contributed by atoms with van der Waals surface area (Å²) in [5.41, 5.74) is 2.07. The third kappa shape index (κ3) is 3.11. The van der Waals surface area contributed by atoms with Crippen molar-refractivity contribution < 1.29 is 9.15 Å². The zero-order chi connectivity index (χ0) is 12.8. The Bertz CT molecular complexity index is 494. The van der Waals surface area contributed by atoms with Gasteiger partial charge in [0.1, 0.15) is 12.0 Å². The van der Waals surface area contributed by atoms with E-state index < -0.39 is 0 Å². The Morgan fingerprint density at radius 2 is 2.17 bits per heavy atom. The van der Waals surface area contributed by atoms with Crippen molar-refractivity contribution in [1.82, 2.24) is 10.3 Å². The second-order valence-electron chi connectivity index (χ2n) is 4.07. The van der Waals surface area contributed by atoms with E-state index in [0.717, 1.165) is 35.9 Å². The highest BCUT2D eigenvalue weighted by atomic mass is 16.5. The van der Waals surface area contributed by atoms with E-state index in [4.69, 9.17) is 9.15 Å². The monoisotopic (exact) mass is 246 g/mol. The SMILES string of the molecule is CNCCc1coc(Cc2ccccc2OC)n1. The lowest BCUT2D eigenvalue weighted by Gasteiger charge is -2.05. The average Bonchev–Trinajstić information content (AvgIpc) is 2.84. The van der Waals surface area contributed by atoms with Crippen LogP contribution in [-0.2, 0) is 12.8 Å². The smallest absolute Gasteiger partial charge is 0.198 e. The summed E-state index contributed by atoms with van der Waals surface area (Å²) in [6.07, 6.45) is 3.26. The zero-order valence-corrected chi connectivity index (χ0v) is 10.8. The Kier molecular flexibility index (Phi) is 4.36. The second-order valence-corrected chi connectivity index (χ2v) is 4.07. The van der Waals surface area contributed by atoms with Gasteiger partial charge < -0.3 is 14.5 Å². The van der Waals surface area contributed by atoms with Gasteiger partial charge in [0, 0.05) is 18.5 Å². The third-order valence-electron chi connectivity index (χ3n) is 2.76. The maximum atomic E-state index is 5.47. The van der Waals surface area contributed by atoms with Gasteiger partial charge in [-0.25, -0.2) is 4.98 Å². The Labute approximate surface area is 107 Å². The molecule has 1 aromatic carbocycles. The van der Waals surface area contributed by atoms with Crippen LogP contribution in [0.5, 0.6) is 5.75 Å². The summed E-state index contributed by atoms with van der Waals surface area (Å²) in [4.78, 5) is 4.46. The topological polar surface area (TPSA) is 47.3 Å².